The lowest BCUT2D eigenvalue weighted by atomic mass is 9.93. The van der Waals surface area contributed by atoms with Crippen LogP contribution in [0.2, 0.25) is 0 Å². The van der Waals surface area contributed by atoms with Crippen LogP contribution in [0.5, 0.6) is 0 Å². The molecule has 2 aliphatic heterocycles. The smallest absolute Gasteiger partial charge is 0.338 e. The van der Waals surface area contributed by atoms with Gasteiger partial charge >= 0.3 is 12.0 Å². The average molecular weight is 515 g/mol. The molecule has 2 aromatic rings. The summed E-state index contributed by atoms with van der Waals surface area (Å²) in [5.41, 5.74) is 0.938. The van der Waals surface area contributed by atoms with Gasteiger partial charge in [0.15, 0.2) is 0 Å². The highest BCUT2D eigenvalue weighted by molar-refractivity contribution is 7.12. The number of hydrogen-bond donors (Lipinski definition) is 1. The van der Waals surface area contributed by atoms with Gasteiger partial charge in [-0.3, -0.25) is 14.6 Å². The van der Waals surface area contributed by atoms with E-state index in [0.717, 1.165) is 0 Å². The molecule has 192 valence electrons. The monoisotopic (exact) mass is 514 g/mol. The van der Waals surface area contributed by atoms with Crippen LogP contribution in [0.15, 0.2) is 53.0 Å². The Morgan fingerprint density at radius 2 is 1.94 bits per heavy atom. The number of rotatable bonds is 7. The number of thiophene rings is 1. The van der Waals surface area contributed by atoms with Crippen molar-refractivity contribution < 1.29 is 23.5 Å². The number of nitrogens with zero attached hydrogens (tertiary/aromatic N) is 3. The van der Waals surface area contributed by atoms with E-state index in [9.17, 15) is 18.8 Å². The summed E-state index contributed by atoms with van der Waals surface area (Å²) in [6.45, 7) is 7.98. The maximum absolute atomic E-state index is 14.8. The van der Waals surface area contributed by atoms with Crippen LogP contribution in [0.25, 0.3) is 0 Å². The van der Waals surface area contributed by atoms with Gasteiger partial charge in [-0.05, 0) is 38.3 Å². The van der Waals surface area contributed by atoms with Gasteiger partial charge in [-0.2, -0.15) is 0 Å². The Morgan fingerprint density at radius 3 is 2.58 bits per heavy atom. The van der Waals surface area contributed by atoms with Crippen LogP contribution in [-0.2, 0) is 9.53 Å². The third-order valence-electron chi connectivity index (χ3n) is 6.54. The number of carbonyl (C=O) groups excluding carboxylic acids is 3. The molecule has 1 aromatic carbocycles. The number of hydrogen-bond acceptors (Lipinski definition) is 6. The summed E-state index contributed by atoms with van der Waals surface area (Å²) < 4.78 is 20.2. The second-order valence-corrected chi connectivity index (χ2v) is 9.74. The lowest BCUT2D eigenvalue weighted by molar-refractivity contribution is -0.139. The third kappa shape index (κ3) is 5.15. The summed E-state index contributed by atoms with van der Waals surface area (Å²) in [5, 5.41) is 4.68. The van der Waals surface area contributed by atoms with Crippen LogP contribution < -0.4 is 5.32 Å². The fraction of sp³-hybridized carbons (Fsp3) is 0.423. The van der Waals surface area contributed by atoms with Gasteiger partial charge in [0.25, 0.3) is 5.91 Å². The quantitative estimate of drug-likeness (QED) is 0.571. The minimum Gasteiger partial charge on any atom is -0.463 e. The molecule has 4 rings (SSSR count). The van der Waals surface area contributed by atoms with Gasteiger partial charge in [-0.1, -0.05) is 24.3 Å². The topological polar surface area (TPSA) is 82.2 Å². The molecule has 3 heterocycles. The fourth-order valence-corrected chi connectivity index (χ4v) is 5.51. The first kappa shape index (κ1) is 25.8. The Hall–Kier alpha value is -3.24. The van der Waals surface area contributed by atoms with Crippen LogP contribution in [0.4, 0.5) is 9.18 Å². The SMILES string of the molecule is CCOC(=O)C1=C(CN2CCN(C(=O)c3cccs3)[C@@H](C)C2)N(CC)C(=O)N[C@@H]1c1ccccc1F. The molecule has 2 atom stereocenters. The van der Waals surface area contributed by atoms with E-state index in [-0.39, 0.29) is 29.7 Å². The second kappa shape index (κ2) is 11.2. The molecule has 0 radical (unpaired) electrons. The minimum atomic E-state index is -0.963. The number of urea groups is 1. The van der Waals surface area contributed by atoms with Gasteiger partial charge in [0, 0.05) is 50.0 Å². The molecule has 0 saturated carbocycles. The maximum atomic E-state index is 14.8. The molecule has 1 aromatic heterocycles. The molecular formula is C26H31FN4O4S. The molecule has 1 saturated heterocycles. The summed E-state index contributed by atoms with van der Waals surface area (Å²) in [5.74, 6) is -1.09. The fourth-order valence-electron chi connectivity index (χ4n) is 4.83. The van der Waals surface area contributed by atoms with Crippen LogP contribution >= 0.6 is 11.3 Å². The van der Waals surface area contributed by atoms with Gasteiger partial charge in [0.1, 0.15) is 5.82 Å². The van der Waals surface area contributed by atoms with Crippen LogP contribution in [0.1, 0.15) is 42.0 Å². The first-order valence-electron chi connectivity index (χ1n) is 12.1. The van der Waals surface area contributed by atoms with Crippen molar-refractivity contribution in [2.45, 2.75) is 32.9 Å². The maximum Gasteiger partial charge on any atom is 0.338 e. The molecule has 0 aliphatic carbocycles. The molecule has 0 unspecified atom stereocenters. The Kier molecular flexibility index (Phi) is 8.05. The Balaban J connectivity index is 1.65. The minimum absolute atomic E-state index is 0.00965. The van der Waals surface area contributed by atoms with Crippen molar-refractivity contribution in [1.29, 1.82) is 0 Å². The number of carbonyl (C=O) groups is 3. The number of benzene rings is 1. The predicted octanol–water partition coefficient (Wildman–Crippen LogP) is 3.64. The van der Waals surface area contributed by atoms with Gasteiger partial charge in [0.2, 0.25) is 0 Å². The van der Waals surface area contributed by atoms with E-state index in [4.69, 9.17) is 4.74 Å². The number of amides is 3. The van der Waals surface area contributed by atoms with Crippen LogP contribution in [0, 0.1) is 5.82 Å². The van der Waals surface area contributed by atoms with E-state index >= 15 is 0 Å². The highest BCUT2D eigenvalue weighted by Crippen LogP contribution is 2.33. The van der Waals surface area contributed by atoms with Crippen molar-refractivity contribution in [2.75, 3.05) is 39.3 Å². The summed E-state index contributed by atoms with van der Waals surface area (Å²) >= 11 is 1.42. The molecule has 1 fully saturated rings. The zero-order chi connectivity index (χ0) is 25.8. The van der Waals surface area contributed by atoms with E-state index in [1.165, 1.54) is 22.3 Å². The molecule has 2 aliphatic rings. The molecule has 8 nitrogen and oxygen atoms in total. The number of nitrogens with one attached hydrogen (secondary N) is 1. The zero-order valence-corrected chi connectivity index (χ0v) is 21.5. The third-order valence-corrected chi connectivity index (χ3v) is 7.40. The molecule has 3 amide bonds. The van der Waals surface area contributed by atoms with Crippen LogP contribution in [0.3, 0.4) is 0 Å². The number of likely N-dealkylation sites (N-methyl/N-ethyl adjacent to an activating group) is 1. The van der Waals surface area contributed by atoms with E-state index in [1.807, 2.05) is 36.3 Å². The van der Waals surface area contributed by atoms with Crippen molar-refractivity contribution in [1.82, 2.24) is 20.0 Å². The number of piperazine rings is 1. The van der Waals surface area contributed by atoms with Crippen molar-refractivity contribution in [3.05, 3.63) is 69.3 Å². The molecular weight excluding hydrogens is 483 g/mol. The number of halogens is 1. The summed E-state index contributed by atoms with van der Waals surface area (Å²) in [4.78, 5) is 45.4. The van der Waals surface area contributed by atoms with Crippen molar-refractivity contribution in [2.24, 2.45) is 0 Å². The second-order valence-electron chi connectivity index (χ2n) is 8.79. The molecule has 1 N–H and O–H groups in total. The predicted molar refractivity (Wildman–Crippen MR) is 135 cm³/mol. The normalized spacial score (nSPS) is 20.9. The summed E-state index contributed by atoms with van der Waals surface area (Å²) in [6.07, 6.45) is 0. The first-order valence-corrected chi connectivity index (χ1v) is 13.0. The highest BCUT2D eigenvalue weighted by atomic mass is 32.1. The molecule has 36 heavy (non-hydrogen) atoms. The van der Waals surface area contributed by atoms with E-state index in [1.54, 1.807) is 25.1 Å². The van der Waals surface area contributed by atoms with E-state index in [2.05, 4.69) is 10.2 Å². The van der Waals surface area contributed by atoms with Crippen molar-refractivity contribution in [3.63, 3.8) is 0 Å². The lowest BCUT2D eigenvalue weighted by Gasteiger charge is -2.42. The lowest BCUT2D eigenvalue weighted by Crippen LogP contribution is -2.56. The van der Waals surface area contributed by atoms with Gasteiger partial charge in [0.05, 0.1) is 23.1 Å². The Bertz CT molecular complexity index is 1150. The average Bonchev–Trinajstić information content (AvgIpc) is 3.39. The highest BCUT2D eigenvalue weighted by Gasteiger charge is 2.40. The van der Waals surface area contributed by atoms with Crippen molar-refractivity contribution >= 4 is 29.2 Å². The summed E-state index contributed by atoms with van der Waals surface area (Å²) in [6, 6.07) is 8.38. The Labute approximate surface area is 214 Å². The van der Waals surface area contributed by atoms with Gasteiger partial charge in [-0.25, -0.2) is 14.0 Å². The van der Waals surface area contributed by atoms with Gasteiger partial charge < -0.3 is 15.0 Å². The van der Waals surface area contributed by atoms with Gasteiger partial charge in [-0.15, -0.1) is 11.3 Å². The molecule has 0 bridgehead atoms. The zero-order valence-electron chi connectivity index (χ0n) is 20.7. The molecule has 10 heteroatoms. The number of esters is 1. The number of ether oxygens (including phenoxy) is 1. The van der Waals surface area contributed by atoms with E-state index in [0.29, 0.717) is 43.3 Å². The largest absolute Gasteiger partial charge is 0.463 e. The van der Waals surface area contributed by atoms with Crippen molar-refractivity contribution in [3.8, 4) is 0 Å². The van der Waals surface area contributed by atoms with Crippen LogP contribution in [-0.4, -0.2) is 78.0 Å². The standard InChI is InChI=1S/C26H31FN4O4S/c1-4-30-20(16-29-12-13-31(17(3)15-29)24(32)21-11-8-14-36-21)22(25(33)35-5-2)23(28-26(30)34)18-9-6-7-10-19(18)27/h6-11,14,17,23H,4-5,12-13,15-16H2,1-3H3,(H,28,34)/t17-,23+/m0/s1. The first-order chi connectivity index (χ1) is 17.3. The Morgan fingerprint density at radius 1 is 1.17 bits per heavy atom. The van der Waals surface area contributed by atoms with E-state index < -0.39 is 23.9 Å². The summed E-state index contributed by atoms with van der Waals surface area (Å²) in [7, 11) is 0. The molecule has 0 spiro atoms.